The Hall–Kier alpha value is -7.56. The largest absolute Gasteiger partial charge is 0.391 e. The third-order valence-electron chi connectivity index (χ3n) is 12.2. The van der Waals surface area contributed by atoms with Crippen LogP contribution in [0.4, 0.5) is 59.7 Å². The lowest BCUT2D eigenvalue weighted by Crippen LogP contribution is -2.48. The minimum absolute atomic E-state index is 0. The van der Waals surface area contributed by atoms with E-state index < -0.39 is 101 Å². The lowest BCUT2D eigenvalue weighted by Gasteiger charge is -2.37. The van der Waals surface area contributed by atoms with Crippen molar-refractivity contribution in [3.05, 3.63) is 184 Å². The van der Waals surface area contributed by atoms with Crippen molar-refractivity contribution < 1.29 is 63.6 Å². The predicted molar refractivity (Wildman–Crippen MR) is 270 cm³/mol. The Balaban J connectivity index is 0.000000335. The SMILES string of the molecule is C.C.C.OC(CC(F)(F)F)c1ccc(N2CCN(c3ccc(-c4ccc(C(F)(F)[C@](O)(Cn5cnnn5)c5ccc(F)cc5F)nc4)cc3)CC2)cn1.O[C@@](Cn1cnnn1)(c1ccc(F)cc1F)C(F)(F)c1ccc(Br)cn1. The average molecular weight is 1180 g/mol. The second kappa shape index (κ2) is 25.1. The molecule has 0 radical (unpaired) electrons. The highest BCUT2D eigenvalue weighted by molar-refractivity contribution is 9.10. The first kappa shape index (κ1) is 62.3. The fourth-order valence-electron chi connectivity index (χ4n) is 8.26. The molecule has 8 aromatic rings. The molecule has 79 heavy (non-hydrogen) atoms. The number of piperazine rings is 1. The summed E-state index contributed by atoms with van der Waals surface area (Å²) in [6, 6.07) is 18.9. The monoisotopic (exact) mass is 1180 g/mol. The molecular formula is C51H51BrF11N13O3. The van der Waals surface area contributed by atoms with Crippen LogP contribution in [0.2, 0.25) is 0 Å². The van der Waals surface area contributed by atoms with Crippen LogP contribution < -0.4 is 9.80 Å². The second-order valence-corrected chi connectivity index (χ2v) is 18.1. The number of hydrogen-bond acceptors (Lipinski definition) is 14. The van der Waals surface area contributed by atoms with Crippen LogP contribution >= 0.6 is 15.9 Å². The van der Waals surface area contributed by atoms with Crippen molar-refractivity contribution in [2.75, 3.05) is 36.0 Å². The van der Waals surface area contributed by atoms with Gasteiger partial charge in [0.05, 0.1) is 37.1 Å². The molecule has 3 aromatic carbocycles. The summed E-state index contributed by atoms with van der Waals surface area (Å²) in [7, 11) is 0. The number of alkyl halides is 7. The molecule has 0 amide bonds. The zero-order valence-corrected chi connectivity index (χ0v) is 40.4. The van der Waals surface area contributed by atoms with E-state index in [9.17, 15) is 46.1 Å². The number of aliphatic hydroxyl groups excluding tert-OH is 1. The zero-order chi connectivity index (χ0) is 54.6. The molecule has 5 aromatic heterocycles. The molecule has 1 aliphatic heterocycles. The van der Waals surface area contributed by atoms with Gasteiger partial charge in [-0.05, 0) is 109 Å². The summed E-state index contributed by atoms with van der Waals surface area (Å²) < 4.78 is 158. The molecule has 3 N–H and O–H groups in total. The van der Waals surface area contributed by atoms with E-state index in [0.717, 1.165) is 76.0 Å². The number of hydrogen-bond donors (Lipinski definition) is 3. The van der Waals surface area contributed by atoms with Crippen molar-refractivity contribution in [1.82, 2.24) is 55.4 Å². The van der Waals surface area contributed by atoms with Gasteiger partial charge in [-0.1, -0.05) is 40.5 Å². The maximum Gasteiger partial charge on any atom is 0.391 e. The first-order chi connectivity index (χ1) is 36.0. The van der Waals surface area contributed by atoms with E-state index in [2.05, 4.69) is 66.8 Å². The van der Waals surface area contributed by atoms with Crippen molar-refractivity contribution in [1.29, 1.82) is 0 Å². The molecule has 0 aliphatic carbocycles. The number of halogens is 12. The molecule has 1 saturated heterocycles. The van der Waals surface area contributed by atoms with Gasteiger partial charge in [-0.3, -0.25) is 15.0 Å². The molecule has 9 rings (SSSR count). The zero-order valence-electron chi connectivity index (χ0n) is 38.8. The van der Waals surface area contributed by atoms with Gasteiger partial charge in [0.15, 0.2) is 11.2 Å². The highest BCUT2D eigenvalue weighted by Crippen LogP contribution is 2.48. The van der Waals surface area contributed by atoms with E-state index in [4.69, 9.17) is 0 Å². The fraction of sp³-hybridized carbons (Fsp3) is 0.314. The Morgan fingerprint density at radius 2 is 0.987 bits per heavy atom. The molecule has 1 aliphatic rings. The van der Waals surface area contributed by atoms with Crippen LogP contribution in [0.3, 0.4) is 0 Å². The van der Waals surface area contributed by atoms with Crippen molar-refractivity contribution in [2.24, 2.45) is 0 Å². The summed E-state index contributed by atoms with van der Waals surface area (Å²) in [6.45, 7) is 0.613. The molecule has 0 spiro atoms. The summed E-state index contributed by atoms with van der Waals surface area (Å²) >= 11 is 3.07. The number of anilines is 2. The van der Waals surface area contributed by atoms with Crippen molar-refractivity contribution >= 4 is 27.3 Å². The Bertz CT molecular complexity index is 3200. The van der Waals surface area contributed by atoms with Gasteiger partial charge in [-0.25, -0.2) is 26.9 Å². The van der Waals surface area contributed by atoms with Gasteiger partial charge in [-0.2, -0.15) is 30.7 Å². The van der Waals surface area contributed by atoms with Crippen molar-refractivity contribution in [3.63, 3.8) is 0 Å². The van der Waals surface area contributed by atoms with Gasteiger partial charge >= 0.3 is 18.0 Å². The Morgan fingerprint density at radius 3 is 1.38 bits per heavy atom. The van der Waals surface area contributed by atoms with Crippen LogP contribution in [0, 0.1) is 23.3 Å². The van der Waals surface area contributed by atoms with Crippen LogP contribution in [-0.2, 0) is 36.1 Å². The van der Waals surface area contributed by atoms with E-state index >= 15 is 17.6 Å². The van der Waals surface area contributed by atoms with Crippen LogP contribution in [0.5, 0.6) is 0 Å². The number of nitrogens with zero attached hydrogens (tertiary/aromatic N) is 13. The van der Waals surface area contributed by atoms with E-state index in [1.54, 1.807) is 18.2 Å². The van der Waals surface area contributed by atoms with E-state index in [0.29, 0.717) is 53.9 Å². The normalized spacial score (nSPS) is 14.8. The molecule has 0 bridgehead atoms. The lowest BCUT2D eigenvalue weighted by molar-refractivity contribution is -0.207. The van der Waals surface area contributed by atoms with E-state index in [1.165, 1.54) is 30.6 Å². The Morgan fingerprint density at radius 1 is 0.532 bits per heavy atom. The van der Waals surface area contributed by atoms with Crippen LogP contribution in [0.15, 0.2) is 133 Å². The van der Waals surface area contributed by atoms with Crippen LogP contribution in [0.25, 0.3) is 11.1 Å². The van der Waals surface area contributed by atoms with Crippen LogP contribution in [0.1, 0.15) is 63.0 Å². The van der Waals surface area contributed by atoms with Gasteiger partial charge < -0.3 is 25.1 Å². The Labute approximate surface area is 453 Å². The molecule has 422 valence electrons. The van der Waals surface area contributed by atoms with Crippen molar-refractivity contribution in [2.45, 2.75) is 77.1 Å². The fourth-order valence-corrected chi connectivity index (χ4v) is 8.49. The van der Waals surface area contributed by atoms with Gasteiger partial charge in [0.25, 0.3) is 0 Å². The standard InChI is InChI=1S/C33H29F7N8O2.C15H10BrF4N5O.3CH4/c34-23-4-8-26(27(35)15-23)31(50,19-48-20-43-44-45-48)33(39,40)30-10-3-22(17-42-30)21-1-5-24(6-2-21)46-11-13-47(14-12-46)25-7-9-28(41-18-25)29(49)16-32(36,37)38;16-9-1-4-13(21-6-9)15(19,20)14(26,7-25-8-22-23-24-25)11-3-2-10(17)5-12(11)18;;;/h1-10,15,17-18,20,29,49-50H,11-14,16,19H2;1-6,8,26H,7H2;3*1H4/t29?,31-;14-;;;/m00.../s1. The van der Waals surface area contributed by atoms with Gasteiger partial charge in [0.2, 0.25) is 0 Å². The highest BCUT2D eigenvalue weighted by atomic mass is 79.9. The maximum absolute atomic E-state index is 16.1. The molecule has 0 saturated carbocycles. The summed E-state index contributed by atoms with van der Waals surface area (Å²) in [5, 5.41) is 52.4. The molecule has 16 nitrogen and oxygen atoms in total. The smallest absolute Gasteiger partial charge is 0.386 e. The molecule has 3 atom stereocenters. The van der Waals surface area contributed by atoms with E-state index in [1.807, 2.05) is 17.0 Å². The second-order valence-electron chi connectivity index (χ2n) is 17.2. The third-order valence-corrected chi connectivity index (χ3v) is 12.7. The first-order valence-corrected chi connectivity index (χ1v) is 23.2. The molecule has 1 unspecified atom stereocenters. The van der Waals surface area contributed by atoms with E-state index in [-0.39, 0.29) is 28.0 Å². The van der Waals surface area contributed by atoms with Crippen LogP contribution in [-0.4, -0.2) is 103 Å². The quantitative estimate of drug-likeness (QED) is 0.0821. The minimum Gasteiger partial charge on any atom is -0.386 e. The van der Waals surface area contributed by atoms with Gasteiger partial charge in [0.1, 0.15) is 53.4 Å². The number of tetrazole rings is 2. The number of rotatable bonds is 15. The molecule has 6 heterocycles. The lowest BCUT2D eigenvalue weighted by atomic mass is 9.84. The number of aromatic nitrogens is 11. The topological polar surface area (TPSA) is 193 Å². The minimum atomic E-state index is -4.50. The highest BCUT2D eigenvalue weighted by Gasteiger charge is 2.59. The third kappa shape index (κ3) is 13.7. The number of pyridine rings is 3. The van der Waals surface area contributed by atoms with Gasteiger partial charge in [0, 0.05) is 77.6 Å². The van der Waals surface area contributed by atoms with Crippen molar-refractivity contribution in [3.8, 4) is 11.1 Å². The molecule has 28 heteroatoms. The summed E-state index contributed by atoms with van der Waals surface area (Å²) in [6.07, 6.45) is -1.88. The molecular weight excluding hydrogens is 1130 g/mol. The summed E-state index contributed by atoms with van der Waals surface area (Å²) in [5.41, 5.74) is -7.00. The summed E-state index contributed by atoms with van der Waals surface area (Å²) in [4.78, 5) is 15.7. The number of aliphatic hydroxyl groups is 3. The molecule has 1 fully saturated rings. The maximum atomic E-state index is 16.1. The van der Waals surface area contributed by atoms with Gasteiger partial charge in [-0.15, -0.1) is 10.2 Å². The average Bonchev–Trinajstić information content (AvgIpc) is 4.21. The Kier molecular flexibility index (Phi) is 19.8. The predicted octanol–water partition coefficient (Wildman–Crippen LogP) is 10.1. The summed E-state index contributed by atoms with van der Waals surface area (Å²) in [5.74, 6) is -12.9. The number of benzene rings is 3. The first-order valence-electron chi connectivity index (χ1n) is 22.4.